The summed E-state index contributed by atoms with van der Waals surface area (Å²) in [6.07, 6.45) is -8.15. The zero-order valence-electron chi connectivity index (χ0n) is 18.4. The van der Waals surface area contributed by atoms with E-state index in [9.17, 15) is 26.3 Å². The Hall–Kier alpha value is -1.98. The van der Waals surface area contributed by atoms with E-state index in [4.69, 9.17) is 0 Å². The largest absolute Gasteiger partial charge is 0.411 e. The Morgan fingerprint density at radius 3 is 1.10 bits per heavy atom. The van der Waals surface area contributed by atoms with E-state index in [0.717, 1.165) is 48.2 Å². The number of benzene rings is 2. The maximum atomic E-state index is 14.3. The van der Waals surface area contributed by atoms with Gasteiger partial charge >= 0.3 is 12.4 Å². The van der Waals surface area contributed by atoms with Gasteiger partial charge in [0.25, 0.3) is 0 Å². The molecule has 0 aliphatic rings. The number of rotatable bonds is 8. The maximum Gasteiger partial charge on any atom is 0.411 e. The average molecular weight is 445 g/mol. The molecule has 172 valence electrons. The number of hydrogen-bond acceptors (Lipinski definition) is 0. The van der Waals surface area contributed by atoms with Crippen molar-refractivity contribution in [3.8, 4) is 0 Å². The third-order valence-electron chi connectivity index (χ3n) is 6.19. The molecule has 0 bridgehead atoms. The van der Waals surface area contributed by atoms with E-state index in [1.165, 1.54) is 24.3 Å². The van der Waals surface area contributed by atoms with Gasteiger partial charge in [-0.2, -0.15) is 26.3 Å². The predicted molar refractivity (Wildman–Crippen MR) is 112 cm³/mol. The van der Waals surface area contributed by atoms with E-state index in [1.54, 1.807) is 0 Å². The lowest BCUT2D eigenvalue weighted by Crippen LogP contribution is -2.54. The SMILES string of the molecule is CCC(C)Cc1ccc(C(c2ccc(CC(C)CC)cc2)(C(F)(F)F)C(F)(F)F)cc1. The molecule has 31 heavy (non-hydrogen) atoms. The predicted octanol–water partition coefficient (Wildman–Crippen LogP) is 8.27. The van der Waals surface area contributed by atoms with Crippen LogP contribution >= 0.6 is 0 Å². The normalized spacial score (nSPS) is 15.0. The molecule has 2 unspecified atom stereocenters. The van der Waals surface area contributed by atoms with Crippen LogP contribution in [-0.4, -0.2) is 12.4 Å². The van der Waals surface area contributed by atoms with Crippen molar-refractivity contribution in [1.82, 2.24) is 0 Å². The Morgan fingerprint density at radius 1 is 0.581 bits per heavy atom. The van der Waals surface area contributed by atoms with Crippen molar-refractivity contribution in [2.45, 2.75) is 71.1 Å². The van der Waals surface area contributed by atoms with E-state index >= 15 is 0 Å². The van der Waals surface area contributed by atoms with Crippen molar-refractivity contribution in [2.75, 3.05) is 0 Å². The molecular weight excluding hydrogens is 414 g/mol. The van der Waals surface area contributed by atoms with Gasteiger partial charge in [-0.25, -0.2) is 0 Å². The van der Waals surface area contributed by atoms with Gasteiger partial charge in [0.1, 0.15) is 0 Å². The zero-order chi connectivity index (χ0) is 23.4. The molecule has 0 N–H and O–H groups in total. The molecule has 0 radical (unpaired) electrons. The summed E-state index contributed by atoms with van der Waals surface area (Å²) in [5, 5.41) is 0. The minimum absolute atomic E-state index is 0.291. The molecule has 0 fully saturated rings. The topological polar surface area (TPSA) is 0 Å². The highest BCUT2D eigenvalue weighted by molar-refractivity contribution is 5.45. The molecule has 2 atom stereocenters. The van der Waals surface area contributed by atoms with Crippen LogP contribution in [0.3, 0.4) is 0 Å². The summed E-state index contributed by atoms with van der Waals surface area (Å²) in [5.74, 6) is 0.581. The first-order valence-corrected chi connectivity index (χ1v) is 10.7. The molecule has 2 aromatic rings. The second-order valence-electron chi connectivity index (χ2n) is 8.57. The monoisotopic (exact) mass is 444 g/mol. The van der Waals surface area contributed by atoms with Crippen molar-refractivity contribution >= 4 is 0 Å². The molecule has 0 amide bonds. The lowest BCUT2D eigenvalue weighted by molar-refractivity contribution is -0.288. The molecule has 6 heteroatoms. The first-order valence-electron chi connectivity index (χ1n) is 10.7. The van der Waals surface area contributed by atoms with Gasteiger partial charge in [0, 0.05) is 0 Å². The lowest BCUT2D eigenvalue weighted by Gasteiger charge is -2.38. The highest BCUT2D eigenvalue weighted by atomic mass is 19.4. The summed E-state index contributed by atoms with van der Waals surface area (Å²) < 4.78 is 85.5. The highest BCUT2D eigenvalue weighted by Crippen LogP contribution is 2.56. The zero-order valence-corrected chi connectivity index (χ0v) is 18.4. The van der Waals surface area contributed by atoms with E-state index in [2.05, 4.69) is 0 Å². The average Bonchev–Trinajstić information content (AvgIpc) is 2.68. The first-order chi connectivity index (χ1) is 14.4. The van der Waals surface area contributed by atoms with Gasteiger partial charge in [-0.15, -0.1) is 0 Å². The van der Waals surface area contributed by atoms with Gasteiger partial charge in [-0.05, 0) is 46.9 Å². The summed E-state index contributed by atoms with van der Waals surface area (Å²) in [6, 6.07) is 9.43. The standard InChI is InChI=1S/C25H30F6/c1-5-17(3)15-19-7-11-21(12-8-19)23(24(26,27)28,25(29,30)31)22-13-9-20(10-14-22)16-18(4)6-2/h7-14,17-18H,5-6,15-16H2,1-4H3. The molecule has 2 aromatic carbocycles. The molecule has 0 aliphatic heterocycles. The quantitative estimate of drug-likeness (QED) is 0.359. The van der Waals surface area contributed by atoms with Crippen molar-refractivity contribution in [2.24, 2.45) is 11.8 Å². The third-order valence-corrected chi connectivity index (χ3v) is 6.19. The molecule has 0 aromatic heterocycles. The maximum absolute atomic E-state index is 14.3. The molecule has 2 rings (SSSR count). The van der Waals surface area contributed by atoms with Crippen LogP contribution in [0.4, 0.5) is 26.3 Å². The van der Waals surface area contributed by atoms with Gasteiger partial charge in [-0.1, -0.05) is 89.1 Å². The molecule has 0 heterocycles. The van der Waals surface area contributed by atoms with Crippen LogP contribution < -0.4 is 0 Å². The van der Waals surface area contributed by atoms with Crippen LogP contribution in [0, 0.1) is 11.8 Å². The van der Waals surface area contributed by atoms with E-state index in [-0.39, 0.29) is 0 Å². The summed E-state index contributed by atoms with van der Waals surface area (Å²) in [6.45, 7) is 7.96. The Balaban J connectivity index is 2.60. The Kier molecular flexibility index (Phi) is 7.88. The van der Waals surface area contributed by atoms with Gasteiger partial charge in [0.2, 0.25) is 5.41 Å². The minimum atomic E-state index is -5.55. The molecular formula is C25H30F6. The summed E-state index contributed by atoms with van der Waals surface area (Å²) in [7, 11) is 0. The van der Waals surface area contributed by atoms with E-state index in [0.29, 0.717) is 24.7 Å². The fraction of sp³-hybridized carbons (Fsp3) is 0.520. The number of hydrogen-bond donors (Lipinski definition) is 0. The van der Waals surface area contributed by atoms with Crippen molar-refractivity contribution in [3.05, 3.63) is 70.8 Å². The summed E-state index contributed by atoms with van der Waals surface area (Å²) >= 11 is 0. The van der Waals surface area contributed by atoms with Crippen LogP contribution in [0.25, 0.3) is 0 Å². The molecule has 0 nitrogen and oxygen atoms in total. The fourth-order valence-corrected chi connectivity index (χ4v) is 3.86. The second kappa shape index (κ2) is 9.66. The Labute approximate surface area is 180 Å². The lowest BCUT2D eigenvalue weighted by atomic mass is 9.72. The summed E-state index contributed by atoms with van der Waals surface area (Å²) in [5.41, 5.74) is -4.25. The second-order valence-corrected chi connectivity index (χ2v) is 8.57. The van der Waals surface area contributed by atoms with Crippen LogP contribution in [0.5, 0.6) is 0 Å². The van der Waals surface area contributed by atoms with Crippen LogP contribution in [0.15, 0.2) is 48.5 Å². The Morgan fingerprint density at radius 2 is 0.871 bits per heavy atom. The first kappa shape index (κ1) is 25.3. The third kappa shape index (κ3) is 5.27. The highest BCUT2D eigenvalue weighted by Gasteiger charge is 2.72. The number of halogens is 6. The molecule has 0 aliphatic carbocycles. The van der Waals surface area contributed by atoms with Crippen molar-refractivity contribution < 1.29 is 26.3 Å². The van der Waals surface area contributed by atoms with E-state index in [1.807, 2.05) is 27.7 Å². The van der Waals surface area contributed by atoms with Gasteiger partial charge in [0.05, 0.1) is 0 Å². The fourth-order valence-electron chi connectivity index (χ4n) is 3.86. The number of alkyl halides is 6. The Bertz CT molecular complexity index is 744. The van der Waals surface area contributed by atoms with Crippen LogP contribution in [0.2, 0.25) is 0 Å². The van der Waals surface area contributed by atoms with Crippen molar-refractivity contribution in [1.29, 1.82) is 0 Å². The summed E-state index contributed by atoms with van der Waals surface area (Å²) in [4.78, 5) is 0. The van der Waals surface area contributed by atoms with Gasteiger partial charge in [0.15, 0.2) is 0 Å². The van der Waals surface area contributed by atoms with Gasteiger partial charge in [-0.3, -0.25) is 0 Å². The van der Waals surface area contributed by atoms with E-state index < -0.39 is 28.9 Å². The minimum Gasteiger partial charge on any atom is -0.169 e. The van der Waals surface area contributed by atoms with Crippen LogP contribution in [0.1, 0.15) is 62.8 Å². The molecule has 0 saturated carbocycles. The smallest absolute Gasteiger partial charge is 0.169 e. The van der Waals surface area contributed by atoms with Gasteiger partial charge < -0.3 is 0 Å². The van der Waals surface area contributed by atoms with Crippen LogP contribution in [-0.2, 0) is 18.3 Å². The molecule has 0 spiro atoms. The molecule has 0 saturated heterocycles. The van der Waals surface area contributed by atoms with Crippen molar-refractivity contribution in [3.63, 3.8) is 0 Å².